The van der Waals surface area contributed by atoms with Crippen molar-refractivity contribution in [3.8, 4) is 5.75 Å². The quantitative estimate of drug-likeness (QED) is 0.310. The van der Waals surface area contributed by atoms with Crippen LogP contribution >= 0.6 is 0 Å². The molecule has 2 N–H and O–H groups in total. The van der Waals surface area contributed by atoms with Crippen LogP contribution in [-0.2, 0) is 4.79 Å². The second kappa shape index (κ2) is 12.8. The van der Waals surface area contributed by atoms with E-state index in [1.54, 1.807) is 6.07 Å². The topological polar surface area (TPSA) is 49.3 Å². The molecule has 0 radical (unpaired) electrons. The van der Waals surface area contributed by atoms with Crippen molar-refractivity contribution in [2.24, 2.45) is 0 Å². The molecule has 0 bridgehead atoms. The van der Waals surface area contributed by atoms with Crippen molar-refractivity contribution in [3.63, 3.8) is 0 Å². The van der Waals surface area contributed by atoms with E-state index in [-0.39, 0.29) is 11.7 Å². The lowest BCUT2D eigenvalue weighted by molar-refractivity contribution is -0.116. The van der Waals surface area contributed by atoms with E-state index in [1.165, 1.54) is 57.8 Å². The number of carbonyl (C=O) groups is 1. The van der Waals surface area contributed by atoms with Crippen molar-refractivity contribution in [2.45, 2.75) is 97.8 Å². The number of aromatic hydroxyl groups is 1. The minimum atomic E-state index is -0.00511. The number of phenols is 1. The van der Waals surface area contributed by atoms with E-state index in [4.69, 9.17) is 0 Å². The minimum absolute atomic E-state index is 0.00511. The van der Waals surface area contributed by atoms with Gasteiger partial charge in [0.25, 0.3) is 0 Å². The Morgan fingerprint density at radius 2 is 1.32 bits per heavy atom. The minimum Gasteiger partial charge on any atom is -0.506 e. The number of hydrogen-bond acceptors (Lipinski definition) is 2. The third-order valence-electron chi connectivity index (χ3n) is 4.89. The maximum atomic E-state index is 12.0. The molecular weight excluding hydrogens is 310 g/mol. The third-order valence-corrected chi connectivity index (χ3v) is 4.89. The molecule has 1 aromatic carbocycles. The van der Waals surface area contributed by atoms with Crippen molar-refractivity contribution in [1.29, 1.82) is 0 Å². The van der Waals surface area contributed by atoms with Crippen molar-refractivity contribution >= 4 is 11.6 Å². The summed E-state index contributed by atoms with van der Waals surface area (Å²) in [7, 11) is 0. The highest BCUT2D eigenvalue weighted by Gasteiger charge is 2.08. The van der Waals surface area contributed by atoms with E-state index < -0.39 is 0 Å². The molecule has 0 spiro atoms. The Hall–Kier alpha value is -1.51. The van der Waals surface area contributed by atoms with Gasteiger partial charge < -0.3 is 10.4 Å². The predicted octanol–water partition coefficient (Wildman–Crippen LogP) is 6.65. The Balaban J connectivity index is 2.05. The van der Waals surface area contributed by atoms with Crippen molar-refractivity contribution in [2.75, 3.05) is 5.32 Å². The Bertz CT molecular complexity index is 511. The van der Waals surface area contributed by atoms with Gasteiger partial charge in [-0.2, -0.15) is 0 Å². The number of benzene rings is 1. The van der Waals surface area contributed by atoms with Crippen LogP contribution in [0, 0.1) is 13.8 Å². The molecule has 3 heteroatoms. The molecule has 0 aliphatic carbocycles. The number of phenolic OH excluding ortho intramolecular Hbond substituents is 1. The van der Waals surface area contributed by atoms with Gasteiger partial charge in [0.15, 0.2) is 0 Å². The summed E-state index contributed by atoms with van der Waals surface area (Å²) in [4.78, 5) is 12.0. The number of aryl methyl sites for hydroxylation is 2. The van der Waals surface area contributed by atoms with Crippen molar-refractivity contribution < 1.29 is 9.90 Å². The fourth-order valence-electron chi connectivity index (χ4n) is 3.06. The van der Waals surface area contributed by atoms with Crippen LogP contribution in [0.1, 0.15) is 95.1 Å². The zero-order chi connectivity index (χ0) is 18.5. The van der Waals surface area contributed by atoms with Gasteiger partial charge in [0.1, 0.15) is 5.75 Å². The summed E-state index contributed by atoms with van der Waals surface area (Å²) in [5, 5.41) is 12.7. The van der Waals surface area contributed by atoms with Crippen molar-refractivity contribution in [3.05, 3.63) is 23.3 Å². The first-order chi connectivity index (χ1) is 12.0. The van der Waals surface area contributed by atoms with Gasteiger partial charge in [-0.3, -0.25) is 4.79 Å². The van der Waals surface area contributed by atoms with E-state index in [2.05, 4.69) is 12.2 Å². The summed E-state index contributed by atoms with van der Waals surface area (Å²) >= 11 is 0. The average molecular weight is 348 g/mol. The molecule has 0 aliphatic rings. The average Bonchev–Trinajstić information content (AvgIpc) is 2.57. The number of carbonyl (C=O) groups excluding carboxylic acids is 1. The number of nitrogens with one attached hydrogen (secondary N) is 1. The summed E-state index contributed by atoms with van der Waals surface area (Å²) in [5.74, 6) is 0.143. The van der Waals surface area contributed by atoms with Gasteiger partial charge in [-0.1, -0.05) is 71.1 Å². The summed E-state index contributed by atoms with van der Waals surface area (Å²) in [6, 6.07) is 3.54. The standard InChI is InChI=1S/C22H37NO2/c1-4-5-6-7-8-9-10-11-12-13-14-15-22(25)23-20-16-18(2)19(3)17-21(20)24/h16-17,24H,4-15H2,1-3H3,(H,23,25). The lowest BCUT2D eigenvalue weighted by Gasteiger charge is -2.10. The molecule has 25 heavy (non-hydrogen) atoms. The highest BCUT2D eigenvalue weighted by Crippen LogP contribution is 2.27. The maximum Gasteiger partial charge on any atom is 0.224 e. The molecule has 0 saturated heterocycles. The van der Waals surface area contributed by atoms with E-state index in [1.807, 2.05) is 19.9 Å². The summed E-state index contributed by atoms with van der Waals surface area (Å²) < 4.78 is 0. The highest BCUT2D eigenvalue weighted by molar-refractivity contribution is 5.92. The Labute approximate surface area is 154 Å². The lowest BCUT2D eigenvalue weighted by Crippen LogP contribution is -2.11. The number of anilines is 1. The van der Waals surface area contributed by atoms with Crippen LogP contribution in [0.4, 0.5) is 5.69 Å². The normalized spacial score (nSPS) is 10.8. The molecule has 0 fully saturated rings. The Morgan fingerprint density at radius 1 is 0.840 bits per heavy atom. The third kappa shape index (κ3) is 9.52. The largest absolute Gasteiger partial charge is 0.506 e. The number of rotatable bonds is 13. The molecule has 1 amide bonds. The molecule has 0 unspecified atom stereocenters. The molecular formula is C22H37NO2. The van der Waals surface area contributed by atoms with Crippen LogP contribution in [0.3, 0.4) is 0 Å². The molecule has 0 heterocycles. The highest BCUT2D eigenvalue weighted by atomic mass is 16.3. The second-order valence-corrected chi connectivity index (χ2v) is 7.29. The summed E-state index contributed by atoms with van der Waals surface area (Å²) in [6.07, 6.45) is 14.6. The first-order valence-corrected chi connectivity index (χ1v) is 10.1. The first kappa shape index (κ1) is 21.5. The number of hydrogen-bond donors (Lipinski definition) is 2. The van der Waals surface area contributed by atoms with Gasteiger partial charge in [-0.25, -0.2) is 0 Å². The monoisotopic (exact) mass is 347 g/mol. The zero-order valence-electron chi connectivity index (χ0n) is 16.5. The van der Waals surface area contributed by atoms with Crippen molar-refractivity contribution in [1.82, 2.24) is 0 Å². The van der Waals surface area contributed by atoms with Gasteiger partial charge in [0, 0.05) is 6.42 Å². The summed E-state index contributed by atoms with van der Waals surface area (Å²) in [6.45, 7) is 6.19. The predicted molar refractivity (Wildman–Crippen MR) is 107 cm³/mol. The molecule has 1 rings (SSSR count). The van der Waals surface area contributed by atoms with Gasteiger partial charge >= 0.3 is 0 Å². The van der Waals surface area contributed by atoms with E-state index in [0.29, 0.717) is 12.1 Å². The van der Waals surface area contributed by atoms with E-state index in [9.17, 15) is 9.90 Å². The van der Waals surface area contributed by atoms with Crippen LogP contribution < -0.4 is 5.32 Å². The SMILES string of the molecule is CCCCCCCCCCCCCC(=O)Nc1cc(C)c(C)cc1O. The van der Waals surface area contributed by atoms with Gasteiger partial charge in [-0.15, -0.1) is 0 Å². The molecule has 0 saturated carbocycles. The maximum absolute atomic E-state index is 12.0. The van der Waals surface area contributed by atoms with Crippen LogP contribution in [0.5, 0.6) is 5.75 Å². The van der Waals surface area contributed by atoms with Crippen LogP contribution in [0.15, 0.2) is 12.1 Å². The van der Waals surface area contributed by atoms with Gasteiger partial charge in [0.05, 0.1) is 5.69 Å². The molecule has 142 valence electrons. The molecule has 1 aromatic rings. The Kier molecular flexibility index (Phi) is 11.0. The molecule has 0 atom stereocenters. The number of unbranched alkanes of at least 4 members (excludes halogenated alkanes) is 10. The van der Waals surface area contributed by atoms with Crippen LogP contribution in [-0.4, -0.2) is 11.0 Å². The molecule has 3 nitrogen and oxygen atoms in total. The summed E-state index contributed by atoms with van der Waals surface area (Å²) in [5.41, 5.74) is 2.62. The van der Waals surface area contributed by atoms with Crippen LogP contribution in [0.25, 0.3) is 0 Å². The second-order valence-electron chi connectivity index (χ2n) is 7.29. The molecule has 0 aromatic heterocycles. The van der Waals surface area contributed by atoms with Gasteiger partial charge in [-0.05, 0) is 43.5 Å². The zero-order valence-corrected chi connectivity index (χ0v) is 16.5. The fraction of sp³-hybridized carbons (Fsp3) is 0.682. The van der Waals surface area contributed by atoms with Crippen LogP contribution in [0.2, 0.25) is 0 Å². The molecule has 0 aliphatic heterocycles. The fourth-order valence-corrected chi connectivity index (χ4v) is 3.06. The lowest BCUT2D eigenvalue weighted by atomic mass is 10.1. The smallest absolute Gasteiger partial charge is 0.224 e. The Morgan fingerprint density at radius 3 is 1.88 bits per heavy atom. The first-order valence-electron chi connectivity index (χ1n) is 10.1. The van der Waals surface area contributed by atoms with E-state index in [0.717, 1.165) is 24.0 Å². The number of amides is 1. The van der Waals surface area contributed by atoms with Gasteiger partial charge in [0.2, 0.25) is 5.91 Å². The van der Waals surface area contributed by atoms with E-state index >= 15 is 0 Å².